The standard InChI is InChI=1S/C28H29Cl2NO8S/c1-38-22-10-16(14-40-8-7-32)11-23(39-2)24(22)17-5-3-15(4-6-17)9-21(28(36)37)31-26(33)25-19(29)12-18(27(34)35)13-20(25)30/h3-6,10-13,21,28,32,36-37H,7-9,14H2,1-2H3,(H,31,33)(H,34,35)/t21-/m0/s1. The summed E-state index contributed by atoms with van der Waals surface area (Å²) in [4.78, 5) is 24.1. The van der Waals surface area contributed by atoms with Crippen molar-refractivity contribution in [3.8, 4) is 22.6 Å². The van der Waals surface area contributed by atoms with Gasteiger partial charge in [0.15, 0.2) is 6.29 Å². The number of hydrogen-bond acceptors (Lipinski definition) is 8. The number of rotatable bonds is 13. The summed E-state index contributed by atoms with van der Waals surface area (Å²) in [5, 5.41) is 40.2. The van der Waals surface area contributed by atoms with Gasteiger partial charge in [-0.05, 0) is 47.4 Å². The van der Waals surface area contributed by atoms with E-state index < -0.39 is 24.2 Å². The van der Waals surface area contributed by atoms with Crippen LogP contribution in [0.15, 0.2) is 48.5 Å². The number of ether oxygens (including phenoxy) is 2. The second-order valence-corrected chi connectivity index (χ2v) is 10.6. The Balaban J connectivity index is 1.81. The number of methoxy groups -OCH3 is 2. The molecule has 0 aliphatic heterocycles. The van der Waals surface area contributed by atoms with Crippen LogP contribution < -0.4 is 14.8 Å². The number of halogens is 2. The molecular formula is C28H29Cl2NO8S. The highest BCUT2D eigenvalue weighted by Crippen LogP contribution is 2.40. The van der Waals surface area contributed by atoms with Gasteiger partial charge in [0.1, 0.15) is 11.5 Å². The number of benzene rings is 3. The number of carbonyl (C=O) groups excluding carboxylic acids is 1. The largest absolute Gasteiger partial charge is 0.496 e. The van der Waals surface area contributed by atoms with E-state index in [9.17, 15) is 19.8 Å². The highest BCUT2D eigenvalue weighted by molar-refractivity contribution is 7.98. The third kappa shape index (κ3) is 7.81. The van der Waals surface area contributed by atoms with E-state index in [0.717, 1.165) is 28.8 Å². The molecule has 0 spiro atoms. The van der Waals surface area contributed by atoms with Crippen LogP contribution in [0.4, 0.5) is 0 Å². The van der Waals surface area contributed by atoms with Crippen molar-refractivity contribution in [2.75, 3.05) is 26.6 Å². The Morgan fingerprint density at radius 2 is 1.52 bits per heavy atom. The van der Waals surface area contributed by atoms with Gasteiger partial charge in [-0.3, -0.25) is 4.79 Å². The molecule has 0 aliphatic rings. The van der Waals surface area contributed by atoms with Gasteiger partial charge in [0, 0.05) is 11.5 Å². The second kappa shape index (κ2) is 14.6. The van der Waals surface area contributed by atoms with Crippen molar-refractivity contribution < 1.29 is 39.5 Å². The van der Waals surface area contributed by atoms with Crippen LogP contribution in [0.3, 0.4) is 0 Å². The molecule has 1 amide bonds. The zero-order valence-corrected chi connectivity index (χ0v) is 24.0. The third-order valence-corrected chi connectivity index (χ3v) is 7.57. The maximum absolute atomic E-state index is 12.9. The zero-order valence-electron chi connectivity index (χ0n) is 21.7. The number of carboxylic acids is 1. The Bertz CT molecular complexity index is 1300. The first kappa shape index (κ1) is 31.5. The van der Waals surface area contributed by atoms with Crippen molar-refractivity contribution in [1.29, 1.82) is 0 Å². The molecule has 1 atom stereocenters. The molecule has 0 bridgehead atoms. The summed E-state index contributed by atoms with van der Waals surface area (Å²) < 4.78 is 11.3. The molecule has 0 unspecified atom stereocenters. The zero-order chi connectivity index (χ0) is 29.4. The van der Waals surface area contributed by atoms with Gasteiger partial charge in [-0.1, -0.05) is 47.5 Å². The number of amides is 1. The highest BCUT2D eigenvalue weighted by Gasteiger charge is 2.25. The number of carboxylic acid groups (broad SMARTS) is 1. The van der Waals surface area contributed by atoms with Gasteiger partial charge in [0.25, 0.3) is 5.91 Å². The lowest BCUT2D eigenvalue weighted by Crippen LogP contribution is -2.45. The topological polar surface area (TPSA) is 146 Å². The molecule has 3 rings (SSSR count). The Morgan fingerprint density at radius 3 is 2.00 bits per heavy atom. The quantitative estimate of drug-likeness (QED) is 0.142. The molecule has 0 saturated carbocycles. The molecule has 9 nitrogen and oxygen atoms in total. The van der Waals surface area contributed by atoms with E-state index >= 15 is 0 Å². The summed E-state index contributed by atoms with van der Waals surface area (Å²) in [5.41, 5.74) is 2.86. The predicted molar refractivity (Wildman–Crippen MR) is 155 cm³/mol. The first-order valence-electron chi connectivity index (χ1n) is 12.0. The van der Waals surface area contributed by atoms with E-state index in [2.05, 4.69) is 5.32 Å². The van der Waals surface area contributed by atoms with Gasteiger partial charge in [-0.15, -0.1) is 0 Å². The van der Waals surface area contributed by atoms with Crippen LogP contribution in [0.2, 0.25) is 10.0 Å². The van der Waals surface area contributed by atoms with Crippen LogP contribution in [-0.4, -0.2) is 71.2 Å². The van der Waals surface area contributed by atoms with E-state index in [1.54, 1.807) is 38.1 Å². The molecule has 0 heterocycles. The minimum atomic E-state index is -1.91. The smallest absolute Gasteiger partial charge is 0.335 e. The van der Waals surface area contributed by atoms with E-state index in [4.69, 9.17) is 42.9 Å². The average Bonchev–Trinajstić information content (AvgIpc) is 2.92. The van der Waals surface area contributed by atoms with E-state index in [-0.39, 0.29) is 34.2 Å². The van der Waals surface area contributed by atoms with Crippen LogP contribution in [0, 0.1) is 0 Å². The summed E-state index contributed by atoms with van der Waals surface area (Å²) in [6.07, 6.45) is -1.85. The van der Waals surface area contributed by atoms with E-state index in [0.29, 0.717) is 28.6 Å². The normalized spacial score (nSPS) is 11.8. The summed E-state index contributed by atoms with van der Waals surface area (Å²) >= 11 is 13.8. The van der Waals surface area contributed by atoms with Gasteiger partial charge >= 0.3 is 5.97 Å². The van der Waals surface area contributed by atoms with Gasteiger partial charge in [0.05, 0.1) is 53.6 Å². The van der Waals surface area contributed by atoms with Crippen LogP contribution in [0.25, 0.3) is 11.1 Å². The van der Waals surface area contributed by atoms with Crippen LogP contribution in [0.1, 0.15) is 31.8 Å². The SMILES string of the molecule is COc1cc(CSCCO)cc(OC)c1-c1ccc(C[C@H](NC(=O)c2c(Cl)cc(C(=O)O)cc2Cl)C(O)O)cc1. The first-order valence-corrected chi connectivity index (χ1v) is 13.9. The van der Waals surface area contributed by atoms with Crippen molar-refractivity contribution in [3.63, 3.8) is 0 Å². The van der Waals surface area contributed by atoms with E-state index in [1.807, 2.05) is 24.3 Å². The highest BCUT2D eigenvalue weighted by atomic mass is 35.5. The molecule has 0 radical (unpaired) electrons. The number of thioether (sulfide) groups is 1. The molecule has 40 heavy (non-hydrogen) atoms. The lowest BCUT2D eigenvalue weighted by Gasteiger charge is -2.22. The minimum Gasteiger partial charge on any atom is -0.496 e. The Hall–Kier alpha value is -2.99. The van der Waals surface area contributed by atoms with Gasteiger partial charge in [0.2, 0.25) is 0 Å². The van der Waals surface area contributed by atoms with Gasteiger partial charge in [-0.25, -0.2) is 4.79 Å². The summed E-state index contributed by atoms with van der Waals surface area (Å²) in [5.74, 6) is 0.494. The van der Waals surface area contributed by atoms with Gasteiger partial charge in [-0.2, -0.15) is 11.8 Å². The summed E-state index contributed by atoms with van der Waals surface area (Å²) in [7, 11) is 3.14. The van der Waals surface area contributed by atoms with Crippen LogP contribution in [0.5, 0.6) is 11.5 Å². The van der Waals surface area contributed by atoms with Crippen molar-refractivity contribution in [2.24, 2.45) is 0 Å². The average molecular weight is 611 g/mol. The summed E-state index contributed by atoms with van der Waals surface area (Å²) in [6, 6.07) is 12.1. The molecular weight excluding hydrogens is 581 g/mol. The van der Waals surface area contributed by atoms with Crippen molar-refractivity contribution in [3.05, 3.63) is 80.8 Å². The number of hydrogen-bond donors (Lipinski definition) is 5. The molecule has 0 aromatic heterocycles. The van der Waals surface area contributed by atoms with Gasteiger partial charge < -0.3 is 35.2 Å². The molecule has 3 aromatic rings. The monoisotopic (exact) mass is 609 g/mol. The molecule has 5 N–H and O–H groups in total. The third-order valence-electron chi connectivity index (χ3n) is 5.96. The molecule has 0 fully saturated rings. The first-order chi connectivity index (χ1) is 19.1. The Labute approximate surface area is 245 Å². The number of aliphatic hydroxyl groups is 3. The number of aliphatic hydroxyl groups excluding tert-OH is 2. The fourth-order valence-corrected chi connectivity index (χ4v) is 5.37. The number of nitrogens with one attached hydrogen (secondary N) is 1. The molecule has 12 heteroatoms. The summed E-state index contributed by atoms with van der Waals surface area (Å²) in [6.45, 7) is 0.0998. The lowest BCUT2D eigenvalue weighted by molar-refractivity contribution is -0.0647. The fourth-order valence-electron chi connectivity index (χ4n) is 4.04. The maximum Gasteiger partial charge on any atom is 0.335 e. The maximum atomic E-state index is 12.9. The minimum absolute atomic E-state index is 0.0570. The van der Waals surface area contributed by atoms with Crippen molar-refractivity contribution >= 4 is 46.8 Å². The predicted octanol–water partition coefficient (Wildman–Crippen LogP) is 4.25. The molecule has 214 valence electrons. The second-order valence-electron chi connectivity index (χ2n) is 8.67. The van der Waals surface area contributed by atoms with Crippen molar-refractivity contribution in [2.45, 2.75) is 24.5 Å². The number of aromatic carboxylic acids is 1. The Kier molecular flexibility index (Phi) is 11.5. The van der Waals surface area contributed by atoms with Crippen molar-refractivity contribution in [1.82, 2.24) is 5.32 Å². The molecule has 0 aliphatic carbocycles. The Morgan fingerprint density at radius 1 is 0.950 bits per heavy atom. The molecule has 3 aromatic carbocycles. The molecule has 0 saturated heterocycles. The van der Waals surface area contributed by atoms with Crippen LogP contribution in [-0.2, 0) is 12.2 Å². The van der Waals surface area contributed by atoms with Crippen LogP contribution >= 0.6 is 35.0 Å². The van der Waals surface area contributed by atoms with E-state index in [1.165, 1.54) is 0 Å². The fraction of sp³-hybridized carbons (Fsp3) is 0.286. The lowest BCUT2D eigenvalue weighted by atomic mass is 9.98. The number of carbonyl (C=O) groups is 2.